The zero-order chi connectivity index (χ0) is 19.1. The Kier molecular flexibility index (Phi) is 4.28. The number of aryl methyl sites for hydroxylation is 4. The highest BCUT2D eigenvalue weighted by Crippen LogP contribution is 2.33. The van der Waals surface area contributed by atoms with Crippen LogP contribution in [0.4, 0.5) is 16.6 Å². The summed E-state index contributed by atoms with van der Waals surface area (Å²) < 4.78 is 0. The number of nitrogens with two attached hydrogens (primary N) is 1. The summed E-state index contributed by atoms with van der Waals surface area (Å²) in [4.78, 5) is 14.6. The highest BCUT2D eigenvalue weighted by atomic mass is 32.1. The molecule has 27 heavy (non-hydrogen) atoms. The summed E-state index contributed by atoms with van der Waals surface area (Å²) in [6.45, 7) is 8.32. The van der Waals surface area contributed by atoms with Crippen LogP contribution in [0.15, 0.2) is 36.4 Å². The van der Waals surface area contributed by atoms with Gasteiger partial charge in [-0.2, -0.15) is 0 Å². The smallest absolute Gasteiger partial charge is 0.189 e. The normalized spacial score (nSPS) is 11.1. The van der Waals surface area contributed by atoms with E-state index in [1.54, 1.807) is 0 Å². The molecule has 0 atom stereocenters. The third-order valence-corrected chi connectivity index (χ3v) is 5.61. The van der Waals surface area contributed by atoms with Gasteiger partial charge in [0.2, 0.25) is 0 Å². The molecule has 0 spiro atoms. The number of hydrogen-bond acceptors (Lipinski definition) is 6. The van der Waals surface area contributed by atoms with Crippen LogP contribution < -0.4 is 11.1 Å². The van der Waals surface area contributed by atoms with E-state index in [-0.39, 0.29) is 0 Å². The van der Waals surface area contributed by atoms with E-state index < -0.39 is 0 Å². The lowest BCUT2D eigenvalue weighted by atomic mass is 10.0. The van der Waals surface area contributed by atoms with Crippen molar-refractivity contribution < 1.29 is 0 Å². The number of fused-ring (bicyclic) bond motifs is 1. The molecule has 0 aliphatic heterocycles. The quantitative estimate of drug-likeness (QED) is 0.507. The van der Waals surface area contributed by atoms with Gasteiger partial charge in [-0.15, -0.1) is 0 Å². The molecule has 0 amide bonds. The monoisotopic (exact) mass is 375 g/mol. The van der Waals surface area contributed by atoms with Crippen molar-refractivity contribution in [3.05, 3.63) is 58.7 Å². The van der Waals surface area contributed by atoms with Gasteiger partial charge in [-0.1, -0.05) is 35.6 Å². The van der Waals surface area contributed by atoms with E-state index >= 15 is 0 Å². The first-order valence-corrected chi connectivity index (χ1v) is 9.59. The molecule has 0 unspecified atom stereocenters. The Morgan fingerprint density at radius 2 is 1.59 bits per heavy atom. The maximum Gasteiger partial charge on any atom is 0.189 e. The van der Waals surface area contributed by atoms with E-state index in [2.05, 4.69) is 67.2 Å². The molecule has 0 saturated heterocycles. The molecule has 0 bridgehead atoms. The van der Waals surface area contributed by atoms with Crippen LogP contribution in [-0.2, 0) is 0 Å². The van der Waals surface area contributed by atoms with Gasteiger partial charge >= 0.3 is 0 Å². The summed E-state index contributed by atoms with van der Waals surface area (Å²) in [5.74, 6) is 1.05. The minimum Gasteiger partial charge on any atom is -0.382 e. The van der Waals surface area contributed by atoms with Gasteiger partial charge in [0.1, 0.15) is 5.52 Å². The molecule has 0 saturated carbocycles. The minimum absolute atomic E-state index is 0.405. The molecule has 2 aromatic heterocycles. The van der Waals surface area contributed by atoms with E-state index in [4.69, 9.17) is 10.7 Å². The Morgan fingerprint density at radius 1 is 0.852 bits per heavy atom. The number of nitrogens with one attached hydrogen (secondary N) is 1. The minimum atomic E-state index is 0.405. The fourth-order valence-electron chi connectivity index (χ4n) is 3.12. The van der Waals surface area contributed by atoms with E-state index in [1.165, 1.54) is 22.5 Å². The predicted octanol–water partition coefficient (Wildman–Crippen LogP) is 5.31. The first kappa shape index (κ1) is 17.4. The van der Waals surface area contributed by atoms with E-state index in [1.807, 2.05) is 12.1 Å². The predicted molar refractivity (Wildman–Crippen MR) is 114 cm³/mol. The largest absolute Gasteiger partial charge is 0.382 e. The second-order valence-corrected chi connectivity index (χ2v) is 7.77. The van der Waals surface area contributed by atoms with Gasteiger partial charge in [-0.3, -0.25) is 0 Å². The van der Waals surface area contributed by atoms with Crippen LogP contribution >= 0.6 is 11.3 Å². The molecular weight excluding hydrogens is 354 g/mol. The topological polar surface area (TPSA) is 76.7 Å². The van der Waals surface area contributed by atoms with Crippen LogP contribution in [0.1, 0.15) is 22.3 Å². The Bertz CT molecular complexity index is 1140. The van der Waals surface area contributed by atoms with Gasteiger partial charge < -0.3 is 11.1 Å². The van der Waals surface area contributed by atoms with Crippen molar-refractivity contribution in [2.75, 3.05) is 11.1 Å². The van der Waals surface area contributed by atoms with Crippen LogP contribution in [0.3, 0.4) is 0 Å². The first-order valence-electron chi connectivity index (χ1n) is 8.77. The molecule has 0 aliphatic carbocycles. The summed E-state index contributed by atoms with van der Waals surface area (Å²) >= 11 is 1.48. The number of aromatic nitrogens is 3. The second-order valence-electron chi connectivity index (χ2n) is 6.80. The average Bonchev–Trinajstić information content (AvgIpc) is 3.01. The molecule has 3 N–H and O–H groups in total. The van der Waals surface area contributed by atoms with Crippen LogP contribution in [0.2, 0.25) is 0 Å². The lowest BCUT2D eigenvalue weighted by Crippen LogP contribution is -1.99. The number of nitrogen functional groups attached to an aromatic ring is 1. The summed E-state index contributed by atoms with van der Waals surface area (Å²) in [5, 5.41) is 4.11. The highest BCUT2D eigenvalue weighted by Gasteiger charge is 2.15. The number of benzene rings is 2. The summed E-state index contributed by atoms with van der Waals surface area (Å²) in [6.07, 6.45) is 0. The SMILES string of the molecule is Cc1ccc(Nc2nc3c(N)nc(-c4c(C)cccc4C)nc3s2)cc1C. The van der Waals surface area contributed by atoms with Crippen molar-refractivity contribution in [1.82, 2.24) is 15.0 Å². The van der Waals surface area contributed by atoms with Crippen LogP contribution in [0.5, 0.6) is 0 Å². The van der Waals surface area contributed by atoms with Gasteiger partial charge in [-0.25, -0.2) is 15.0 Å². The molecular formula is C21H21N5S. The van der Waals surface area contributed by atoms with Crippen LogP contribution in [0, 0.1) is 27.7 Å². The third kappa shape index (κ3) is 3.24. The van der Waals surface area contributed by atoms with Crippen molar-refractivity contribution in [3.63, 3.8) is 0 Å². The van der Waals surface area contributed by atoms with E-state index in [9.17, 15) is 0 Å². The zero-order valence-electron chi connectivity index (χ0n) is 15.8. The Morgan fingerprint density at radius 3 is 2.30 bits per heavy atom. The maximum absolute atomic E-state index is 6.21. The van der Waals surface area contributed by atoms with Crippen molar-refractivity contribution in [2.24, 2.45) is 0 Å². The van der Waals surface area contributed by atoms with E-state index in [0.29, 0.717) is 17.2 Å². The van der Waals surface area contributed by atoms with Crippen molar-refractivity contribution in [3.8, 4) is 11.4 Å². The maximum atomic E-state index is 6.21. The Labute approximate surface area is 162 Å². The fourth-order valence-corrected chi connectivity index (χ4v) is 3.99. The summed E-state index contributed by atoms with van der Waals surface area (Å²) in [5.41, 5.74) is 13.6. The Balaban J connectivity index is 1.76. The van der Waals surface area contributed by atoms with Crippen molar-refractivity contribution in [2.45, 2.75) is 27.7 Å². The zero-order valence-corrected chi connectivity index (χ0v) is 16.6. The van der Waals surface area contributed by atoms with Gasteiger partial charge in [0, 0.05) is 11.3 Å². The van der Waals surface area contributed by atoms with Crippen LogP contribution in [0.25, 0.3) is 21.7 Å². The molecule has 0 radical (unpaired) electrons. The molecule has 2 aromatic carbocycles. The van der Waals surface area contributed by atoms with Crippen LogP contribution in [-0.4, -0.2) is 15.0 Å². The van der Waals surface area contributed by atoms with Crippen molar-refractivity contribution >= 4 is 38.3 Å². The molecule has 4 aromatic rings. The lowest BCUT2D eigenvalue weighted by molar-refractivity contribution is 1.20. The number of rotatable bonds is 3. The number of nitrogens with zero attached hydrogens (tertiary/aromatic N) is 3. The summed E-state index contributed by atoms with van der Waals surface area (Å²) in [6, 6.07) is 12.4. The standard InChI is InChI=1S/C21H21N5S/c1-11-8-9-15(10-14(11)4)23-21-24-17-18(22)25-19(26-20(17)27-21)16-12(2)6-5-7-13(16)3/h5-10H,1-4H3,(H,23,24)(H2,22,25,26). The molecule has 0 fully saturated rings. The van der Waals surface area contributed by atoms with Gasteiger partial charge in [0.15, 0.2) is 21.6 Å². The van der Waals surface area contributed by atoms with Gasteiger partial charge in [-0.05, 0) is 62.1 Å². The third-order valence-electron chi connectivity index (χ3n) is 4.75. The number of anilines is 3. The molecule has 6 heteroatoms. The number of thiazole rings is 1. The molecule has 2 heterocycles. The lowest BCUT2D eigenvalue weighted by Gasteiger charge is -2.08. The molecule has 0 aliphatic rings. The van der Waals surface area contributed by atoms with Crippen molar-refractivity contribution in [1.29, 1.82) is 0 Å². The Hall–Kier alpha value is -2.99. The van der Waals surface area contributed by atoms with Gasteiger partial charge in [0.25, 0.3) is 0 Å². The molecule has 5 nitrogen and oxygen atoms in total. The fraction of sp³-hybridized carbons (Fsp3) is 0.190. The molecule has 4 rings (SSSR count). The average molecular weight is 376 g/mol. The van der Waals surface area contributed by atoms with E-state index in [0.717, 1.165) is 32.3 Å². The first-order chi connectivity index (χ1) is 12.9. The second kappa shape index (κ2) is 6.63. The summed E-state index contributed by atoms with van der Waals surface area (Å²) in [7, 11) is 0. The molecule has 136 valence electrons. The highest BCUT2D eigenvalue weighted by molar-refractivity contribution is 7.21. The number of hydrogen-bond donors (Lipinski definition) is 2. The van der Waals surface area contributed by atoms with Gasteiger partial charge in [0.05, 0.1) is 0 Å².